The summed E-state index contributed by atoms with van der Waals surface area (Å²) in [5.41, 5.74) is 8.34. The Kier molecular flexibility index (Phi) is 4.70. The maximum Gasteiger partial charge on any atom is 0.164 e. The van der Waals surface area contributed by atoms with E-state index < -0.39 is 0 Å². The van der Waals surface area contributed by atoms with E-state index in [-0.39, 0.29) is 0 Å². The van der Waals surface area contributed by atoms with E-state index in [1.165, 1.54) is 11.1 Å². The van der Waals surface area contributed by atoms with Crippen molar-refractivity contribution < 1.29 is 9.47 Å². The summed E-state index contributed by atoms with van der Waals surface area (Å²) in [6.45, 7) is 8.85. The van der Waals surface area contributed by atoms with Crippen LogP contribution in [0.15, 0.2) is 12.1 Å². The van der Waals surface area contributed by atoms with E-state index in [1.807, 2.05) is 0 Å². The van der Waals surface area contributed by atoms with E-state index in [1.54, 1.807) is 0 Å². The van der Waals surface area contributed by atoms with E-state index in [2.05, 4.69) is 32.9 Å². The standard InChI is InChI=1S/C16H25NO2/c1-11(2)15-13(12(3)7-8-17)5-6-14-16(15)19-10-4-9-18-14/h5-6,11-12H,4,7-10,17H2,1-3H3. The molecule has 0 amide bonds. The zero-order valence-corrected chi connectivity index (χ0v) is 12.2. The van der Waals surface area contributed by atoms with Crippen LogP contribution in [-0.2, 0) is 0 Å². The van der Waals surface area contributed by atoms with Crippen molar-refractivity contribution in [2.75, 3.05) is 19.8 Å². The molecule has 0 fully saturated rings. The first-order chi connectivity index (χ1) is 9.15. The highest BCUT2D eigenvalue weighted by molar-refractivity contribution is 5.53. The maximum absolute atomic E-state index is 5.95. The van der Waals surface area contributed by atoms with Crippen LogP contribution in [-0.4, -0.2) is 19.8 Å². The fraction of sp³-hybridized carbons (Fsp3) is 0.625. The lowest BCUT2D eigenvalue weighted by atomic mass is 9.87. The van der Waals surface area contributed by atoms with Crippen molar-refractivity contribution in [3.05, 3.63) is 23.3 Å². The van der Waals surface area contributed by atoms with Gasteiger partial charge in [0.15, 0.2) is 11.5 Å². The summed E-state index contributed by atoms with van der Waals surface area (Å²) in [7, 11) is 0. The Labute approximate surface area is 116 Å². The molecule has 0 saturated heterocycles. The van der Waals surface area contributed by atoms with E-state index >= 15 is 0 Å². The Balaban J connectivity index is 2.47. The van der Waals surface area contributed by atoms with Crippen LogP contribution in [0.1, 0.15) is 56.6 Å². The van der Waals surface area contributed by atoms with Crippen molar-refractivity contribution in [3.8, 4) is 11.5 Å². The summed E-state index contributed by atoms with van der Waals surface area (Å²) in [5.74, 6) is 2.73. The van der Waals surface area contributed by atoms with Gasteiger partial charge in [-0.3, -0.25) is 0 Å². The van der Waals surface area contributed by atoms with Crippen molar-refractivity contribution >= 4 is 0 Å². The quantitative estimate of drug-likeness (QED) is 0.905. The Morgan fingerprint density at radius 1 is 1.16 bits per heavy atom. The lowest BCUT2D eigenvalue weighted by molar-refractivity contribution is 0.295. The highest BCUT2D eigenvalue weighted by Crippen LogP contribution is 2.42. The van der Waals surface area contributed by atoms with Crippen molar-refractivity contribution in [1.82, 2.24) is 0 Å². The molecule has 19 heavy (non-hydrogen) atoms. The highest BCUT2D eigenvalue weighted by atomic mass is 16.5. The van der Waals surface area contributed by atoms with Crippen LogP contribution in [0.3, 0.4) is 0 Å². The van der Waals surface area contributed by atoms with Gasteiger partial charge in [-0.05, 0) is 36.4 Å². The van der Waals surface area contributed by atoms with E-state index in [9.17, 15) is 0 Å². The zero-order chi connectivity index (χ0) is 13.8. The number of fused-ring (bicyclic) bond motifs is 1. The van der Waals surface area contributed by atoms with Gasteiger partial charge in [0.2, 0.25) is 0 Å². The third-order valence-electron chi connectivity index (χ3n) is 3.69. The SMILES string of the molecule is CC(C)c1c(C(C)CCN)ccc2c1OCCCO2. The molecule has 0 spiro atoms. The van der Waals surface area contributed by atoms with E-state index in [0.717, 1.165) is 37.6 Å². The van der Waals surface area contributed by atoms with Gasteiger partial charge in [-0.15, -0.1) is 0 Å². The first-order valence-corrected chi connectivity index (χ1v) is 7.27. The Morgan fingerprint density at radius 2 is 1.89 bits per heavy atom. The maximum atomic E-state index is 5.95. The highest BCUT2D eigenvalue weighted by Gasteiger charge is 2.22. The van der Waals surface area contributed by atoms with Crippen LogP contribution in [0.4, 0.5) is 0 Å². The van der Waals surface area contributed by atoms with Crippen molar-refractivity contribution in [2.45, 2.75) is 45.4 Å². The predicted octanol–water partition coefficient (Wildman–Crippen LogP) is 3.42. The summed E-state index contributed by atoms with van der Waals surface area (Å²) >= 11 is 0. The van der Waals surface area contributed by atoms with Gasteiger partial charge in [0.25, 0.3) is 0 Å². The Hall–Kier alpha value is -1.22. The summed E-state index contributed by atoms with van der Waals surface area (Å²) < 4.78 is 11.7. The largest absolute Gasteiger partial charge is 0.490 e. The molecule has 0 bridgehead atoms. The van der Waals surface area contributed by atoms with Gasteiger partial charge in [0.05, 0.1) is 13.2 Å². The second kappa shape index (κ2) is 6.29. The molecule has 2 rings (SSSR count). The molecular weight excluding hydrogens is 238 g/mol. The summed E-state index contributed by atoms with van der Waals surface area (Å²) in [4.78, 5) is 0. The minimum absolute atomic E-state index is 0.423. The number of benzene rings is 1. The minimum Gasteiger partial charge on any atom is -0.490 e. The van der Waals surface area contributed by atoms with Gasteiger partial charge in [0, 0.05) is 12.0 Å². The molecule has 3 nitrogen and oxygen atoms in total. The molecule has 1 aliphatic rings. The fourth-order valence-corrected chi connectivity index (χ4v) is 2.70. The van der Waals surface area contributed by atoms with Gasteiger partial charge in [-0.25, -0.2) is 0 Å². The molecule has 1 atom stereocenters. The Morgan fingerprint density at radius 3 is 2.58 bits per heavy atom. The zero-order valence-electron chi connectivity index (χ0n) is 12.2. The normalized spacial score (nSPS) is 16.3. The monoisotopic (exact) mass is 263 g/mol. The Bertz CT molecular complexity index is 429. The topological polar surface area (TPSA) is 44.5 Å². The van der Waals surface area contributed by atoms with Crippen LogP contribution in [0, 0.1) is 0 Å². The summed E-state index contributed by atoms with van der Waals surface area (Å²) in [6.07, 6.45) is 1.94. The molecule has 2 N–H and O–H groups in total. The number of hydrogen-bond donors (Lipinski definition) is 1. The lowest BCUT2D eigenvalue weighted by Gasteiger charge is -2.22. The third kappa shape index (κ3) is 3.03. The van der Waals surface area contributed by atoms with Crippen LogP contribution in [0.5, 0.6) is 11.5 Å². The number of nitrogens with two attached hydrogens (primary N) is 1. The van der Waals surface area contributed by atoms with Crippen molar-refractivity contribution in [3.63, 3.8) is 0 Å². The van der Waals surface area contributed by atoms with E-state index in [4.69, 9.17) is 15.2 Å². The van der Waals surface area contributed by atoms with Crippen molar-refractivity contribution in [2.24, 2.45) is 5.73 Å². The van der Waals surface area contributed by atoms with Gasteiger partial charge in [0.1, 0.15) is 0 Å². The van der Waals surface area contributed by atoms with Gasteiger partial charge in [-0.2, -0.15) is 0 Å². The fourth-order valence-electron chi connectivity index (χ4n) is 2.70. The second-order valence-corrected chi connectivity index (χ2v) is 5.58. The molecule has 0 aliphatic carbocycles. The molecule has 1 aromatic rings. The number of ether oxygens (including phenoxy) is 2. The van der Waals surface area contributed by atoms with Gasteiger partial charge < -0.3 is 15.2 Å². The average Bonchev–Trinajstić information content (AvgIpc) is 2.62. The molecule has 1 unspecified atom stereocenters. The van der Waals surface area contributed by atoms with Crippen LogP contribution >= 0.6 is 0 Å². The van der Waals surface area contributed by atoms with Crippen LogP contribution in [0.25, 0.3) is 0 Å². The third-order valence-corrected chi connectivity index (χ3v) is 3.69. The molecule has 106 valence electrons. The first-order valence-electron chi connectivity index (χ1n) is 7.27. The van der Waals surface area contributed by atoms with Gasteiger partial charge >= 0.3 is 0 Å². The molecule has 0 radical (unpaired) electrons. The summed E-state index contributed by atoms with van der Waals surface area (Å²) in [5, 5.41) is 0. The second-order valence-electron chi connectivity index (χ2n) is 5.58. The molecule has 3 heteroatoms. The van der Waals surface area contributed by atoms with Crippen LogP contribution in [0.2, 0.25) is 0 Å². The average molecular weight is 263 g/mol. The predicted molar refractivity (Wildman–Crippen MR) is 78.2 cm³/mol. The summed E-state index contributed by atoms with van der Waals surface area (Å²) in [6, 6.07) is 4.23. The molecule has 0 saturated carbocycles. The lowest BCUT2D eigenvalue weighted by Crippen LogP contribution is -2.09. The number of hydrogen-bond acceptors (Lipinski definition) is 3. The molecule has 1 heterocycles. The smallest absolute Gasteiger partial charge is 0.164 e. The molecule has 1 aromatic carbocycles. The first kappa shape index (κ1) is 14.2. The minimum atomic E-state index is 0.423. The number of rotatable bonds is 4. The molecule has 1 aliphatic heterocycles. The molecular formula is C16H25NO2. The van der Waals surface area contributed by atoms with Crippen molar-refractivity contribution in [1.29, 1.82) is 0 Å². The van der Waals surface area contributed by atoms with E-state index in [0.29, 0.717) is 18.4 Å². The van der Waals surface area contributed by atoms with Gasteiger partial charge in [-0.1, -0.05) is 26.8 Å². The molecule has 0 aromatic heterocycles. The van der Waals surface area contributed by atoms with Crippen LogP contribution < -0.4 is 15.2 Å².